The molecule has 0 aliphatic carbocycles. The fraction of sp³-hybridized carbons (Fsp3) is 0.955. The Labute approximate surface area is 157 Å². The molecule has 25 heavy (non-hydrogen) atoms. The minimum atomic E-state index is -0.332. The highest BCUT2D eigenvalue weighted by Gasteiger charge is 2.09. The van der Waals surface area contributed by atoms with Crippen molar-refractivity contribution in [3.8, 4) is 0 Å². The van der Waals surface area contributed by atoms with E-state index >= 15 is 0 Å². The van der Waals surface area contributed by atoms with Gasteiger partial charge in [-0.2, -0.15) is 0 Å². The van der Waals surface area contributed by atoms with Crippen LogP contribution < -0.4 is 5.32 Å². The van der Waals surface area contributed by atoms with Crippen LogP contribution in [0.3, 0.4) is 0 Å². The molecule has 3 heteroatoms. The molecule has 0 spiro atoms. The molecule has 1 N–H and O–H groups in total. The van der Waals surface area contributed by atoms with E-state index in [9.17, 15) is 4.79 Å². The molecule has 0 rings (SSSR count). The Balaban J connectivity index is 3.08. The van der Waals surface area contributed by atoms with Gasteiger partial charge in [-0.25, -0.2) is 0 Å². The molecule has 1 unspecified atom stereocenters. The van der Waals surface area contributed by atoms with E-state index < -0.39 is 0 Å². The Morgan fingerprint density at radius 3 is 1.44 bits per heavy atom. The van der Waals surface area contributed by atoms with E-state index in [1.807, 2.05) is 0 Å². The third-order valence-electron chi connectivity index (χ3n) is 5.05. The molecule has 0 heterocycles. The molecule has 150 valence electrons. The SMILES string of the molecule is CCCCCCCCCCCCCCCCCCNC(=O)C(C)OC. The average Bonchev–Trinajstić information content (AvgIpc) is 2.63. The first-order valence-electron chi connectivity index (χ1n) is 11.0. The van der Waals surface area contributed by atoms with Gasteiger partial charge in [0.05, 0.1) is 0 Å². The van der Waals surface area contributed by atoms with E-state index in [-0.39, 0.29) is 12.0 Å². The fourth-order valence-electron chi connectivity index (χ4n) is 3.14. The van der Waals surface area contributed by atoms with Gasteiger partial charge in [0.2, 0.25) is 5.91 Å². The van der Waals surface area contributed by atoms with E-state index in [1.165, 1.54) is 96.3 Å². The minimum Gasteiger partial charge on any atom is -0.372 e. The van der Waals surface area contributed by atoms with Crippen LogP contribution in [0, 0.1) is 0 Å². The third kappa shape index (κ3) is 18.0. The smallest absolute Gasteiger partial charge is 0.248 e. The van der Waals surface area contributed by atoms with Gasteiger partial charge in [0, 0.05) is 13.7 Å². The zero-order valence-corrected chi connectivity index (χ0v) is 17.4. The largest absolute Gasteiger partial charge is 0.372 e. The first kappa shape index (κ1) is 24.4. The lowest BCUT2D eigenvalue weighted by atomic mass is 10.0. The van der Waals surface area contributed by atoms with Crippen molar-refractivity contribution in [2.75, 3.05) is 13.7 Å². The van der Waals surface area contributed by atoms with Gasteiger partial charge in [0.1, 0.15) is 6.10 Å². The second-order valence-corrected chi connectivity index (χ2v) is 7.47. The Hall–Kier alpha value is -0.570. The topological polar surface area (TPSA) is 38.3 Å². The van der Waals surface area contributed by atoms with Gasteiger partial charge in [0.15, 0.2) is 0 Å². The highest BCUT2D eigenvalue weighted by molar-refractivity contribution is 5.80. The summed E-state index contributed by atoms with van der Waals surface area (Å²) in [5, 5.41) is 2.92. The van der Waals surface area contributed by atoms with Crippen LogP contribution in [0.2, 0.25) is 0 Å². The van der Waals surface area contributed by atoms with Crippen molar-refractivity contribution < 1.29 is 9.53 Å². The summed E-state index contributed by atoms with van der Waals surface area (Å²) in [6.45, 7) is 4.85. The van der Waals surface area contributed by atoms with Crippen LogP contribution >= 0.6 is 0 Å². The molecule has 1 atom stereocenters. The number of nitrogens with one attached hydrogen (secondary N) is 1. The van der Waals surface area contributed by atoms with Crippen LogP contribution in [0.15, 0.2) is 0 Å². The Morgan fingerprint density at radius 2 is 1.08 bits per heavy atom. The van der Waals surface area contributed by atoms with Crippen molar-refractivity contribution in [3.63, 3.8) is 0 Å². The molecule has 0 aromatic carbocycles. The number of methoxy groups -OCH3 is 1. The maximum atomic E-state index is 11.5. The first-order chi connectivity index (χ1) is 12.2. The monoisotopic (exact) mass is 355 g/mol. The highest BCUT2D eigenvalue weighted by Crippen LogP contribution is 2.13. The van der Waals surface area contributed by atoms with Crippen molar-refractivity contribution in [2.45, 2.75) is 123 Å². The number of carbonyl (C=O) groups is 1. The number of amides is 1. The van der Waals surface area contributed by atoms with Gasteiger partial charge < -0.3 is 10.1 Å². The number of unbranched alkanes of at least 4 members (excludes halogenated alkanes) is 15. The second kappa shape index (κ2) is 19.8. The van der Waals surface area contributed by atoms with E-state index in [0.29, 0.717) is 0 Å². The third-order valence-corrected chi connectivity index (χ3v) is 5.05. The lowest BCUT2D eigenvalue weighted by Gasteiger charge is -2.10. The molecule has 0 saturated carbocycles. The van der Waals surface area contributed by atoms with Crippen LogP contribution in [0.5, 0.6) is 0 Å². The quantitative estimate of drug-likeness (QED) is 0.272. The lowest BCUT2D eigenvalue weighted by Crippen LogP contribution is -2.34. The summed E-state index contributed by atoms with van der Waals surface area (Å²) in [6, 6.07) is 0. The van der Waals surface area contributed by atoms with Gasteiger partial charge in [-0.15, -0.1) is 0 Å². The van der Waals surface area contributed by atoms with Gasteiger partial charge >= 0.3 is 0 Å². The molecule has 0 radical (unpaired) electrons. The molecule has 0 saturated heterocycles. The van der Waals surface area contributed by atoms with Gasteiger partial charge in [-0.1, -0.05) is 103 Å². The lowest BCUT2D eigenvalue weighted by molar-refractivity contribution is -0.130. The molecule has 0 aromatic rings. The maximum Gasteiger partial charge on any atom is 0.248 e. The van der Waals surface area contributed by atoms with Crippen molar-refractivity contribution in [2.24, 2.45) is 0 Å². The zero-order chi connectivity index (χ0) is 18.6. The molecule has 3 nitrogen and oxygen atoms in total. The number of rotatable bonds is 19. The normalized spacial score (nSPS) is 12.3. The van der Waals surface area contributed by atoms with Gasteiger partial charge in [0.25, 0.3) is 0 Å². The van der Waals surface area contributed by atoms with Crippen LogP contribution in [-0.4, -0.2) is 25.7 Å². The minimum absolute atomic E-state index is 0.00320. The van der Waals surface area contributed by atoms with Crippen LogP contribution in [-0.2, 0) is 9.53 Å². The summed E-state index contributed by atoms with van der Waals surface area (Å²) in [6.07, 6.45) is 21.7. The summed E-state index contributed by atoms with van der Waals surface area (Å²) in [5.41, 5.74) is 0. The number of hydrogen-bond acceptors (Lipinski definition) is 2. The summed E-state index contributed by atoms with van der Waals surface area (Å²) in [5.74, 6) is 0.00320. The van der Waals surface area contributed by atoms with Crippen molar-refractivity contribution in [1.29, 1.82) is 0 Å². The predicted octanol–water partition coefficient (Wildman–Crippen LogP) is 6.40. The van der Waals surface area contributed by atoms with Crippen LogP contribution in [0.1, 0.15) is 117 Å². The van der Waals surface area contributed by atoms with Crippen LogP contribution in [0.4, 0.5) is 0 Å². The first-order valence-corrected chi connectivity index (χ1v) is 11.0. The van der Waals surface area contributed by atoms with Crippen molar-refractivity contribution in [1.82, 2.24) is 5.32 Å². The molecular formula is C22H45NO2. The van der Waals surface area contributed by atoms with E-state index in [0.717, 1.165) is 13.0 Å². The highest BCUT2D eigenvalue weighted by atomic mass is 16.5. The molecular weight excluding hydrogens is 310 g/mol. The summed E-state index contributed by atoms with van der Waals surface area (Å²) in [4.78, 5) is 11.5. The number of ether oxygens (including phenoxy) is 1. The molecule has 0 aliphatic heterocycles. The average molecular weight is 356 g/mol. The standard InChI is InChI=1S/C22H45NO2/c1-4-5-6-7-8-9-10-11-12-13-14-15-16-17-18-19-20-23-22(24)21(2)25-3/h21H,4-20H2,1-3H3,(H,23,24). The van der Waals surface area contributed by atoms with E-state index in [1.54, 1.807) is 14.0 Å². The van der Waals surface area contributed by atoms with Crippen molar-refractivity contribution >= 4 is 5.91 Å². The molecule has 0 aliphatic rings. The van der Waals surface area contributed by atoms with Crippen molar-refractivity contribution in [3.05, 3.63) is 0 Å². The van der Waals surface area contributed by atoms with Gasteiger partial charge in [-0.3, -0.25) is 4.79 Å². The number of hydrogen-bond donors (Lipinski definition) is 1. The molecule has 0 fully saturated rings. The van der Waals surface area contributed by atoms with E-state index in [2.05, 4.69) is 12.2 Å². The molecule has 1 amide bonds. The Kier molecular flexibility index (Phi) is 19.3. The van der Waals surface area contributed by atoms with Gasteiger partial charge in [-0.05, 0) is 13.3 Å². The van der Waals surface area contributed by atoms with E-state index in [4.69, 9.17) is 4.74 Å². The summed E-state index contributed by atoms with van der Waals surface area (Å²) < 4.78 is 4.98. The Morgan fingerprint density at radius 1 is 0.720 bits per heavy atom. The summed E-state index contributed by atoms with van der Waals surface area (Å²) in [7, 11) is 1.57. The maximum absolute atomic E-state index is 11.5. The molecule has 0 bridgehead atoms. The Bertz CT molecular complexity index is 281. The zero-order valence-electron chi connectivity index (χ0n) is 17.4. The van der Waals surface area contributed by atoms with Crippen LogP contribution in [0.25, 0.3) is 0 Å². The number of carbonyl (C=O) groups excluding carboxylic acids is 1. The molecule has 0 aromatic heterocycles. The fourth-order valence-corrected chi connectivity index (χ4v) is 3.14. The summed E-state index contributed by atoms with van der Waals surface area (Å²) >= 11 is 0. The second-order valence-electron chi connectivity index (χ2n) is 7.47. The predicted molar refractivity (Wildman–Crippen MR) is 109 cm³/mol.